The molecule has 2 aromatic carbocycles. The highest BCUT2D eigenvalue weighted by molar-refractivity contribution is 6.80. The molecule has 4 rings (SSSR count). The van der Waals surface area contributed by atoms with Gasteiger partial charge in [0.1, 0.15) is 0 Å². The van der Waals surface area contributed by atoms with Gasteiger partial charge in [0.05, 0.1) is 6.10 Å². The van der Waals surface area contributed by atoms with Crippen molar-refractivity contribution in [3.63, 3.8) is 0 Å². The van der Waals surface area contributed by atoms with E-state index in [2.05, 4.69) is 60.7 Å². The van der Waals surface area contributed by atoms with Crippen LogP contribution in [0.5, 0.6) is 0 Å². The Bertz CT molecular complexity index is 552. The summed E-state index contributed by atoms with van der Waals surface area (Å²) < 4.78 is 12.2. The van der Waals surface area contributed by atoms with Gasteiger partial charge >= 0.3 is 0 Å². The van der Waals surface area contributed by atoms with Crippen molar-refractivity contribution in [2.75, 3.05) is 6.61 Å². The van der Waals surface area contributed by atoms with Crippen molar-refractivity contribution in [3.8, 4) is 0 Å². The summed E-state index contributed by atoms with van der Waals surface area (Å²) in [7, 11) is -1.57. The first-order valence-corrected chi connectivity index (χ1v) is 9.90. The van der Waals surface area contributed by atoms with Crippen LogP contribution >= 0.6 is 0 Å². The van der Waals surface area contributed by atoms with Crippen molar-refractivity contribution in [3.05, 3.63) is 60.7 Å². The van der Waals surface area contributed by atoms with E-state index in [9.17, 15) is 0 Å². The summed E-state index contributed by atoms with van der Waals surface area (Å²) in [4.78, 5) is 0. The highest BCUT2D eigenvalue weighted by Gasteiger charge is 2.40. The smallest absolute Gasteiger partial charge is 0.240 e. The third kappa shape index (κ3) is 2.89. The Hall–Kier alpha value is -1.42. The number of benzene rings is 2. The minimum absolute atomic E-state index is 0.422. The molecule has 3 heteroatoms. The predicted octanol–water partition coefficient (Wildman–Crippen LogP) is 2.11. The Kier molecular flexibility index (Phi) is 4.11. The van der Waals surface area contributed by atoms with Crippen LogP contribution in [0.1, 0.15) is 19.3 Å². The van der Waals surface area contributed by atoms with E-state index in [-0.39, 0.29) is 0 Å². The summed E-state index contributed by atoms with van der Waals surface area (Å²) in [6.45, 7) is 0.956. The van der Waals surface area contributed by atoms with E-state index < -0.39 is 9.04 Å². The standard InChI is InChI=1S/C19H22O2Si/c1-3-7-17(8-4-1)22(18-9-5-2-6-10-18)21-16-13-15(14-16)19-11-12-20-19/h1-10,15-16,19,22H,11-14H2. The normalized spacial score (nSPS) is 27.2. The van der Waals surface area contributed by atoms with E-state index in [1.54, 1.807) is 0 Å². The molecule has 1 heterocycles. The summed E-state index contributed by atoms with van der Waals surface area (Å²) in [5.74, 6) is 0.736. The summed E-state index contributed by atoms with van der Waals surface area (Å²) in [5, 5.41) is 2.74. The lowest BCUT2D eigenvalue weighted by Gasteiger charge is -2.44. The summed E-state index contributed by atoms with van der Waals surface area (Å²) in [6.07, 6.45) is 4.54. The lowest BCUT2D eigenvalue weighted by Crippen LogP contribution is -2.52. The van der Waals surface area contributed by atoms with Gasteiger partial charge in [0.25, 0.3) is 0 Å². The molecule has 0 N–H and O–H groups in total. The van der Waals surface area contributed by atoms with Crippen molar-refractivity contribution in [1.29, 1.82) is 0 Å². The first kappa shape index (κ1) is 14.2. The lowest BCUT2D eigenvalue weighted by atomic mass is 9.76. The van der Waals surface area contributed by atoms with E-state index in [1.807, 2.05) is 0 Å². The molecule has 1 saturated heterocycles. The molecule has 2 aromatic rings. The van der Waals surface area contributed by atoms with Gasteiger partial charge in [0.2, 0.25) is 9.04 Å². The Morgan fingerprint density at radius 1 is 0.864 bits per heavy atom. The molecule has 0 bridgehead atoms. The first-order chi connectivity index (χ1) is 10.9. The Balaban J connectivity index is 1.47. The fourth-order valence-corrected chi connectivity index (χ4v) is 5.89. The van der Waals surface area contributed by atoms with Crippen LogP contribution in [-0.2, 0) is 9.16 Å². The molecule has 1 atom stereocenters. The number of rotatable bonds is 5. The second-order valence-corrected chi connectivity index (χ2v) is 8.75. The van der Waals surface area contributed by atoms with Crippen molar-refractivity contribution in [2.24, 2.45) is 5.92 Å². The average Bonchev–Trinajstić information content (AvgIpc) is 2.49. The van der Waals surface area contributed by atoms with Crippen molar-refractivity contribution in [1.82, 2.24) is 0 Å². The van der Waals surface area contributed by atoms with Crippen molar-refractivity contribution >= 4 is 19.4 Å². The average molecular weight is 310 g/mol. The minimum Gasteiger partial charge on any atom is -0.408 e. The maximum Gasteiger partial charge on any atom is 0.240 e. The van der Waals surface area contributed by atoms with E-state index >= 15 is 0 Å². The molecule has 1 aliphatic carbocycles. The summed E-state index contributed by atoms with van der Waals surface area (Å²) >= 11 is 0. The highest BCUT2D eigenvalue weighted by atomic mass is 28.3. The maximum atomic E-state index is 6.59. The number of ether oxygens (including phenoxy) is 1. The van der Waals surface area contributed by atoms with Gasteiger partial charge in [-0.15, -0.1) is 0 Å². The van der Waals surface area contributed by atoms with E-state index in [1.165, 1.54) is 29.6 Å². The van der Waals surface area contributed by atoms with Gasteiger partial charge in [0, 0.05) is 12.7 Å². The van der Waals surface area contributed by atoms with Crippen molar-refractivity contribution < 1.29 is 9.16 Å². The fourth-order valence-electron chi connectivity index (χ4n) is 3.44. The van der Waals surface area contributed by atoms with Crippen LogP contribution in [0, 0.1) is 5.92 Å². The SMILES string of the molecule is c1ccc([SiH](OC2CC(C3CCO3)C2)c2ccccc2)cc1. The minimum atomic E-state index is -1.57. The van der Waals surface area contributed by atoms with E-state index in [0.29, 0.717) is 12.2 Å². The quantitative estimate of drug-likeness (QED) is 0.788. The molecule has 114 valence electrons. The van der Waals surface area contributed by atoms with Crippen LogP contribution < -0.4 is 10.4 Å². The van der Waals surface area contributed by atoms with Crippen LogP contribution in [0.3, 0.4) is 0 Å². The highest BCUT2D eigenvalue weighted by Crippen LogP contribution is 2.38. The molecule has 2 nitrogen and oxygen atoms in total. The molecule has 0 spiro atoms. The van der Waals surface area contributed by atoms with Gasteiger partial charge < -0.3 is 9.16 Å². The second-order valence-electron chi connectivity index (χ2n) is 6.39. The number of hydrogen-bond donors (Lipinski definition) is 0. The predicted molar refractivity (Wildman–Crippen MR) is 91.3 cm³/mol. The zero-order valence-electron chi connectivity index (χ0n) is 12.7. The van der Waals surface area contributed by atoms with Gasteiger partial charge in [-0.2, -0.15) is 0 Å². The Morgan fingerprint density at radius 2 is 1.41 bits per heavy atom. The van der Waals surface area contributed by atoms with Crippen molar-refractivity contribution in [2.45, 2.75) is 31.5 Å². The zero-order chi connectivity index (χ0) is 14.8. The third-order valence-electron chi connectivity index (χ3n) is 4.92. The third-order valence-corrected chi connectivity index (χ3v) is 7.56. The first-order valence-electron chi connectivity index (χ1n) is 8.27. The molecule has 2 fully saturated rings. The van der Waals surface area contributed by atoms with Crippen LogP contribution in [0.25, 0.3) is 0 Å². The van der Waals surface area contributed by atoms with Crippen LogP contribution in [0.15, 0.2) is 60.7 Å². The summed E-state index contributed by atoms with van der Waals surface area (Å²) in [5.41, 5.74) is 0. The zero-order valence-corrected chi connectivity index (χ0v) is 13.9. The molecule has 0 amide bonds. The Morgan fingerprint density at radius 3 is 1.86 bits per heavy atom. The molecule has 1 saturated carbocycles. The molecule has 0 radical (unpaired) electrons. The summed E-state index contributed by atoms with van der Waals surface area (Å²) in [6, 6.07) is 21.5. The molecule has 0 aromatic heterocycles. The van der Waals surface area contributed by atoms with E-state index in [0.717, 1.165) is 12.5 Å². The van der Waals surface area contributed by atoms with Crippen LogP contribution in [-0.4, -0.2) is 27.9 Å². The van der Waals surface area contributed by atoms with Gasteiger partial charge in [-0.1, -0.05) is 60.7 Å². The van der Waals surface area contributed by atoms with Gasteiger partial charge in [-0.25, -0.2) is 0 Å². The lowest BCUT2D eigenvalue weighted by molar-refractivity contribution is -0.125. The largest absolute Gasteiger partial charge is 0.408 e. The van der Waals surface area contributed by atoms with Gasteiger partial charge in [-0.3, -0.25) is 0 Å². The Labute approximate surface area is 133 Å². The molecular weight excluding hydrogens is 288 g/mol. The molecular formula is C19H22O2Si. The topological polar surface area (TPSA) is 18.5 Å². The molecule has 1 aliphatic heterocycles. The van der Waals surface area contributed by atoms with Crippen LogP contribution in [0.4, 0.5) is 0 Å². The maximum absolute atomic E-state index is 6.59. The number of hydrogen-bond acceptors (Lipinski definition) is 2. The monoisotopic (exact) mass is 310 g/mol. The van der Waals surface area contributed by atoms with Gasteiger partial charge in [0.15, 0.2) is 0 Å². The van der Waals surface area contributed by atoms with Gasteiger partial charge in [-0.05, 0) is 35.6 Å². The second kappa shape index (κ2) is 6.37. The fraction of sp³-hybridized carbons (Fsp3) is 0.368. The molecule has 22 heavy (non-hydrogen) atoms. The van der Waals surface area contributed by atoms with Crippen LogP contribution in [0.2, 0.25) is 0 Å². The molecule has 1 unspecified atom stereocenters. The molecule has 2 aliphatic rings. The van der Waals surface area contributed by atoms with E-state index in [4.69, 9.17) is 9.16 Å².